The molecule has 0 radical (unpaired) electrons. The number of likely N-dealkylation sites (tertiary alicyclic amines) is 1. The van der Waals surface area contributed by atoms with Gasteiger partial charge in [-0.3, -0.25) is 0 Å². The van der Waals surface area contributed by atoms with Gasteiger partial charge in [0, 0.05) is 25.9 Å². The summed E-state index contributed by atoms with van der Waals surface area (Å²) in [6.07, 6.45) is 3.76. The fourth-order valence-corrected chi connectivity index (χ4v) is 4.54. The zero-order chi connectivity index (χ0) is 19.9. The predicted octanol–water partition coefficient (Wildman–Crippen LogP) is 2.19. The summed E-state index contributed by atoms with van der Waals surface area (Å²) in [4.78, 5) is 7.56. The lowest BCUT2D eigenvalue weighted by molar-refractivity contribution is 0.183. The quantitative estimate of drug-likeness (QED) is 0.548. The molecule has 1 aromatic rings. The summed E-state index contributed by atoms with van der Waals surface area (Å²) in [5.41, 5.74) is 1.77. The minimum atomic E-state index is -3.18. The molecule has 1 atom stereocenters. The van der Waals surface area contributed by atoms with Crippen LogP contribution in [0.1, 0.15) is 37.8 Å². The zero-order valence-corrected chi connectivity index (χ0v) is 17.9. The lowest BCUT2D eigenvalue weighted by Crippen LogP contribution is -2.44. The van der Waals surface area contributed by atoms with Crippen LogP contribution in [0.15, 0.2) is 28.1 Å². The molecule has 152 valence electrons. The number of piperidine rings is 1. The first kappa shape index (κ1) is 21.7. The van der Waals surface area contributed by atoms with Crippen molar-refractivity contribution in [3.63, 3.8) is 0 Å². The Morgan fingerprint density at radius 2 is 2.07 bits per heavy atom. The van der Waals surface area contributed by atoms with Crippen LogP contribution < -0.4 is 10.6 Å². The van der Waals surface area contributed by atoms with E-state index in [0.717, 1.165) is 43.3 Å². The highest BCUT2D eigenvalue weighted by molar-refractivity contribution is 7.90. The molecular weight excluding hydrogens is 360 g/mol. The highest BCUT2D eigenvalue weighted by atomic mass is 32.2. The zero-order valence-electron chi connectivity index (χ0n) is 17.1. The first-order valence-electron chi connectivity index (χ1n) is 9.87. The summed E-state index contributed by atoms with van der Waals surface area (Å²) in [5, 5.41) is 6.77. The topological polar surface area (TPSA) is 73.8 Å². The number of sulfone groups is 1. The van der Waals surface area contributed by atoms with Crippen molar-refractivity contribution in [2.75, 3.05) is 39.0 Å². The first-order valence-corrected chi connectivity index (χ1v) is 11.8. The lowest BCUT2D eigenvalue weighted by Gasteiger charge is -2.32. The maximum absolute atomic E-state index is 11.7. The Morgan fingerprint density at radius 3 is 2.70 bits per heavy atom. The lowest BCUT2D eigenvalue weighted by atomic mass is 9.98. The van der Waals surface area contributed by atoms with E-state index in [1.165, 1.54) is 25.6 Å². The van der Waals surface area contributed by atoms with Gasteiger partial charge in [0.15, 0.2) is 15.8 Å². The van der Waals surface area contributed by atoms with Gasteiger partial charge in [-0.05, 0) is 62.9 Å². The summed E-state index contributed by atoms with van der Waals surface area (Å²) >= 11 is 0. The molecule has 0 aromatic heterocycles. The van der Waals surface area contributed by atoms with Crippen LogP contribution >= 0.6 is 0 Å². The van der Waals surface area contributed by atoms with Crippen LogP contribution in [0.4, 0.5) is 0 Å². The summed E-state index contributed by atoms with van der Waals surface area (Å²) in [6, 6.07) is 5.43. The van der Waals surface area contributed by atoms with Crippen LogP contribution in [0.25, 0.3) is 0 Å². The summed E-state index contributed by atoms with van der Waals surface area (Å²) in [7, 11) is -3.18. The van der Waals surface area contributed by atoms with E-state index in [1.807, 2.05) is 19.1 Å². The average molecular weight is 395 g/mol. The number of hydrogen-bond acceptors (Lipinski definition) is 4. The van der Waals surface area contributed by atoms with Gasteiger partial charge in [0.25, 0.3) is 0 Å². The van der Waals surface area contributed by atoms with Crippen molar-refractivity contribution in [3.05, 3.63) is 29.3 Å². The minimum Gasteiger partial charge on any atom is -0.357 e. The van der Waals surface area contributed by atoms with Gasteiger partial charge in [0.05, 0.1) is 11.4 Å². The van der Waals surface area contributed by atoms with Gasteiger partial charge in [-0.2, -0.15) is 0 Å². The van der Waals surface area contributed by atoms with Crippen molar-refractivity contribution >= 4 is 15.8 Å². The third-order valence-electron chi connectivity index (χ3n) is 5.01. The number of rotatable bonds is 7. The van der Waals surface area contributed by atoms with E-state index in [0.29, 0.717) is 17.4 Å². The van der Waals surface area contributed by atoms with Crippen LogP contribution in [0.5, 0.6) is 0 Å². The normalized spacial score (nSPS) is 19.1. The van der Waals surface area contributed by atoms with Gasteiger partial charge in [-0.15, -0.1) is 0 Å². The average Bonchev–Trinajstić information content (AvgIpc) is 2.63. The van der Waals surface area contributed by atoms with Crippen LogP contribution in [-0.2, 0) is 16.4 Å². The molecule has 0 bridgehead atoms. The SMILES string of the molecule is CCNC(=NCc1ccc(S(C)(=O)=O)c(C)c1)NCC1CCCN(CC)C1. The van der Waals surface area contributed by atoms with Crippen molar-refractivity contribution in [2.24, 2.45) is 10.9 Å². The minimum absolute atomic E-state index is 0.387. The van der Waals surface area contributed by atoms with Gasteiger partial charge in [-0.1, -0.05) is 19.1 Å². The number of guanidine groups is 1. The highest BCUT2D eigenvalue weighted by Gasteiger charge is 2.18. The Labute approximate surface area is 164 Å². The maximum Gasteiger partial charge on any atom is 0.191 e. The largest absolute Gasteiger partial charge is 0.357 e. The molecule has 2 rings (SSSR count). The smallest absolute Gasteiger partial charge is 0.191 e. The number of aryl methyl sites for hydroxylation is 1. The van der Waals surface area contributed by atoms with Crippen molar-refractivity contribution in [1.29, 1.82) is 0 Å². The van der Waals surface area contributed by atoms with E-state index in [4.69, 9.17) is 0 Å². The molecule has 2 N–H and O–H groups in total. The Hall–Kier alpha value is -1.60. The molecule has 0 amide bonds. The fraction of sp³-hybridized carbons (Fsp3) is 0.650. The van der Waals surface area contributed by atoms with Crippen LogP contribution in [0.3, 0.4) is 0 Å². The maximum atomic E-state index is 11.7. The highest BCUT2D eigenvalue weighted by Crippen LogP contribution is 2.17. The van der Waals surface area contributed by atoms with Crippen LogP contribution in [0.2, 0.25) is 0 Å². The van der Waals surface area contributed by atoms with Crippen molar-refractivity contribution < 1.29 is 8.42 Å². The third-order valence-corrected chi connectivity index (χ3v) is 6.27. The summed E-state index contributed by atoms with van der Waals surface area (Å²) < 4.78 is 23.5. The van der Waals surface area contributed by atoms with E-state index < -0.39 is 9.84 Å². The van der Waals surface area contributed by atoms with Gasteiger partial charge in [-0.25, -0.2) is 13.4 Å². The molecule has 0 spiro atoms. The predicted molar refractivity (Wildman–Crippen MR) is 112 cm³/mol. The van der Waals surface area contributed by atoms with E-state index in [1.54, 1.807) is 6.07 Å². The molecule has 1 aromatic carbocycles. The van der Waals surface area contributed by atoms with Crippen molar-refractivity contribution in [2.45, 2.75) is 45.1 Å². The van der Waals surface area contributed by atoms with E-state index in [-0.39, 0.29) is 0 Å². The number of hydrogen-bond donors (Lipinski definition) is 2. The van der Waals surface area contributed by atoms with E-state index in [2.05, 4.69) is 34.4 Å². The monoisotopic (exact) mass is 394 g/mol. The summed E-state index contributed by atoms with van der Waals surface area (Å²) in [6.45, 7) is 11.8. The number of benzene rings is 1. The molecule has 0 saturated carbocycles. The molecule has 1 aliphatic heterocycles. The Kier molecular flexibility index (Phi) is 8.10. The number of nitrogens with zero attached hydrogens (tertiary/aromatic N) is 2. The van der Waals surface area contributed by atoms with E-state index in [9.17, 15) is 8.42 Å². The summed E-state index contributed by atoms with van der Waals surface area (Å²) in [5.74, 6) is 1.47. The molecule has 1 unspecified atom stereocenters. The second-order valence-electron chi connectivity index (χ2n) is 7.35. The van der Waals surface area contributed by atoms with Gasteiger partial charge in [0.2, 0.25) is 0 Å². The number of nitrogens with one attached hydrogen (secondary N) is 2. The van der Waals surface area contributed by atoms with Gasteiger partial charge >= 0.3 is 0 Å². The van der Waals surface area contributed by atoms with Crippen LogP contribution in [-0.4, -0.2) is 58.3 Å². The molecule has 6 nitrogen and oxygen atoms in total. The third kappa shape index (κ3) is 6.81. The molecule has 27 heavy (non-hydrogen) atoms. The molecule has 1 fully saturated rings. The first-order chi connectivity index (χ1) is 12.8. The second-order valence-corrected chi connectivity index (χ2v) is 9.33. The van der Waals surface area contributed by atoms with Crippen molar-refractivity contribution in [3.8, 4) is 0 Å². The van der Waals surface area contributed by atoms with E-state index >= 15 is 0 Å². The molecular formula is C20H34N4O2S. The number of aliphatic imine (C=N–C) groups is 1. The Bertz CT molecular complexity index is 746. The van der Waals surface area contributed by atoms with Crippen LogP contribution in [0, 0.1) is 12.8 Å². The molecule has 1 saturated heterocycles. The van der Waals surface area contributed by atoms with Gasteiger partial charge in [0.1, 0.15) is 0 Å². The molecule has 1 heterocycles. The Morgan fingerprint density at radius 1 is 1.30 bits per heavy atom. The molecule has 7 heteroatoms. The van der Waals surface area contributed by atoms with Gasteiger partial charge < -0.3 is 15.5 Å². The molecule has 0 aliphatic carbocycles. The second kappa shape index (κ2) is 10.1. The Balaban J connectivity index is 1.97. The fourth-order valence-electron chi connectivity index (χ4n) is 3.58. The van der Waals surface area contributed by atoms with Crippen molar-refractivity contribution in [1.82, 2.24) is 15.5 Å². The standard InChI is InChI=1S/C20H34N4O2S/c1-5-21-20(23-14-18-8-7-11-24(6-2)15-18)22-13-17-9-10-19(16(3)12-17)27(4,25)26/h9-10,12,18H,5-8,11,13-15H2,1-4H3,(H2,21,22,23). The molecule has 1 aliphatic rings.